The van der Waals surface area contributed by atoms with E-state index in [0.29, 0.717) is 30.5 Å². The molecule has 4 atom stereocenters. The van der Waals surface area contributed by atoms with Gasteiger partial charge in [-0.1, -0.05) is 18.2 Å². The summed E-state index contributed by atoms with van der Waals surface area (Å²) in [5.74, 6) is 0.859. The van der Waals surface area contributed by atoms with E-state index in [2.05, 4.69) is 41.2 Å². The van der Waals surface area contributed by atoms with Crippen LogP contribution < -0.4 is 5.32 Å². The van der Waals surface area contributed by atoms with Gasteiger partial charge < -0.3 is 14.6 Å². The van der Waals surface area contributed by atoms with Crippen molar-refractivity contribution in [1.29, 1.82) is 0 Å². The summed E-state index contributed by atoms with van der Waals surface area (Å²) in [6.45, 7) is 2.38. The largest absolute Gasteiger partial charge is 0.500 e. The zero-order valence-corrected chi connectivity index (χ0v) is 14.1. The van der Waals surface area contributed by atoms with Crippen LogP contribution >= 0.6 is 0 Å². The lowest BCUT2D eigenvalue weighted by molar-refractivity contribution is -0.115. The first-order valence-electron chi connectivity index (χ1n) is 8.80. The van der Waals surface area contributed by atoms with Crippen molar-refractivity contribution in [2.24, 2.45) is 18.9 Å². The standard InChI is InChI=1S/C20H22N2O2/c1-11(23)15-9-24-10-16-13(15)7-18-20-14(8-17(16)21-18)12-5-3-4-6-19(12)22(20)2/h3-6,9,13,16-18,21H,7-8,10H2,1-2H3/t13-,16+,17-,18+/m0/s1. The van der Waals surface area contributed by atoms with Gasteiger partial charge in [0.1, 0.15) is 0 Å². The van der Waals surface area contributed by atoms with Crippen LogP contribution in [0.2, 0.25) is 0 Å². The molecule has 0 radical (unpaired) electrons. The zero-order valence-electron chi connectivity index (χ0n) is 14.1. The van der Waals surface area contributed by atoms with Crippen molar-refractivity contribution in [2.75, 3.05) is 6.61 Å². The highest BCUT2D eigenvalue weighted by Gasteiger charge is 2.46. The van der Waals surface area contributed by atoms with Gasteiger partial charge in [-0.15, -0.1) is 0 Å². The molecule has 0 unspecified atom stereocenters. The molecule has 1 saturated heterocycles. The molecule has 1 aromatic carbocycles. The van der Waals surface area contributed by atoms with Gasteiger partial charge in [-0.2, -0.15) is 0 Å². The Morgan fingerprint density at radius 2 is 2.17 bits per heavy atom. The van der Waals surface area contributed by atoms with E-state index in [-0.39, 0.29) is 5.78 Å². The lowest BCUT2D eigenvalue weighted by Gasteiger charge is -2.48. The zero-order chi connectivity index (χ0) is 16.4. The molecule has 1 fully saturated rings. The second-order valence-corrected chi connectivity index (χ2v) is 7.44. The van der Waals surface area contributed by atoms with Gasteiger partial charge in [0, 0.05) is 47.2 Å². The number of benzene rings is 1. The molecule has 2 aromatic rings. The fraction of sp³-hybridized carbons (Fsp3) is 0.450. The Balaban J connectivity index is 1.65. The maximum atomic E-state index is 12.1. The molecule has 4 heterocycles. The number of para-hydroxylation sites is 1. The second kappa shape index (κ2) is 4.96. The Morgan fingerprint density at radius 3 is 3.00 bits per heavy atom. The van der Waals surface area contributed by atoms with Crippen molar-refractivity contribution >= 4 is 16.7 Å². The summed E-state index contributed by atoms with van der Waals surface area (Å²) in [4.78, 5) is 12.1. The van der Waals surface area contributed by atoms with Crippen LogP contribution in [0.1, 0.15) is 30.6 Å². The molecule has 3 aliphatic heterocycles. The molecule has 2 bridgehead atoms. The van der Waals surface area contributed by atoms with E-state index in [4.69, 9.17) is 4.74 Å². The SMILES string of the molecule is CC(=O)C1=COC[C@H]2[C@@H]3Cc4c(n(C)c5ccccc45)[C@@H](C[C@@H]12)N3. The Morgan fingerprint density at radius 1 is 1.33 bits per heavy atom. The number of hydrogen-bond acceptors (Lipinski definition) is 3. The third-order valence-corrected chi connectivity index (χ3v) is 6.26. The molecule has 1 N–H and O–H groups in total. The lowest BCUT2D eigenvalue weighted by atomic mass is 9.68. The van der Waals surface area contributed by atoms with E-state index in [1.54, 1.807) is 13.2 Å². The summed E-state index contributed by atoms with van der Waals surface area (Å²) >= 11 is 0. The van der Waals surface area contributed by atoms with Crippen LogP contribution in [0.4, 0.5) is 0 Å². The van der Waals surface area contributed by atoms with E-state index in [1.165, 1.54) is 22.2 Å². The average Bonchev–Trinajstić information content (AvgIpc) is 2.88. The maximum absolute atomic E-state index is 12.1. The van der Waals surface area contributed by atoms with E-state index >= 15 is 0 Å². The molecule has 4 nitrogen and oxygen atoms in total. The van der Waals surface area contributed by atoms with E-state index in [9.17, 15) is 4.79 Å². The molecular weight excluding hydrogens is 300 g/mol. The molecule has 0 amide bonds. The topological polar surface area (TPSA) is 43.3 Å². The van der Waals surface area contributed by atoms with Crippen LogP contribution in [0.25, 0.3) is 10.9 Å². The van der Waals surface area contributed by atoms with Crippen molar-refractivity contribution in [2.45, 2.75) is 31.8 Å². The Bertz CT molecular complexity index is 879. The van der Waals surface area contributed by atoms with Crippen molar-refractivity contribution in [3.05, 3.63) is 47.4 Å². The molecule has 4 heteroatoms. The maximum Gasteiger partial charge on any atom is 0.159 e. The third-order valence-electron chi connectivity index (χ3n) is 6.26. The van der Waals surface area contributed by atoms with Crippen LogP contribution in [0, 0.1) is 11.8 Å². The number of aromatic nitrogens is 1. The molecular formula is C20H22N2O2. The summed E-state index contributed by atoms with van der Waals surface area (Å²) in [6, 6.07) is 9.38. The summed E-state index contributed by atoms with van der Waals surface area (Å²) in [5, 5.41) is 5.21. The second-order valence-electron chi connectivity index (χ2n) is 7.44. The minimum atomic E-state index is 0.155. The number of carbonyl (C=O) groups is 1. The molecule has 1 aromatic heterocycles. The van der Waals surface area contributed by atoms with Crippen molar-refractivity contribution in [1.82, 2.24) is 9.88 Å². The van der Waals surface area contributed by atoms with Gasteiger partial charge >= 0.3 is 0 Å². The highest BCUT2D eigenvalue weighted by atomic mass is 16.5. The Hall–Kier alpha value is -2.07. The number of nitrogens with zero attached hydrogens (tertiary/aromatic N) is 1. The number of ether oxygens (including phenoxy) is 1. The van der Waals surface area contributed by atoms with Gasteiger partial charge in [-0.25, -0.2) is 0 Å². The highest BCUT2D eigenvalue weighted by molar-refractivity contribution is 5.93. The van der Waals surface area contributed by atoms with Gasteiger partial charge in [-0.3, -0.25) is 4.79 Å². The quantitative estimate of drug-likeness (QED) is 0.878. The average molecular weight is 322 g/mol. The summed E-state index contributed by atoms with van der Waals surface area (Å²) in [6.07, 6.45) is 3.71. The fourth-order valence-electron chi connectivity index (χ4n) is 5.20. The monoisotopic (exact) mass is 322 g/mol. The highest BCUT2D eigenvalue weighted by Crippen LogP contribution is 2.47. The van der Waals surface area contributed by atoms with Gasteiger partial charge in [0.2, 0.25) is 0 Å². The lowest BCUT2D eigenvalue weighted by Crippen LogP contribution is -2.55. The van der Waals surface area contributed by atoms with E-state index < -0.39 is 0 Å². The summed E-state index contributed by atoms with van der Waals surface area (Å²) in [5.41, 5.74) is 5.07. The number of piperidine rings is 1. The molecule has 0 spiro atoms. The van der Waals surface area contributed by atoms with Gasteiger partial charge in [0.05, 0.1) is 12.9 Å². The van der Waals surface area contributed by atoms with Crippen molar-refractivity contribution in [3.63, 3.8) is 0 Å². The minimum Gasteiger partial charge on any atom is -0.500 e. The summed E-state index contributed by atoms with van der Waals surface area (Å²) < 4.78 is 8.00. The molecule has 124 valence electrons. The van der Waals surface area contributed by atoms with Crippen LogP contribution in [0.5, 0.6) is 0 Å². The smallest absolute Gasteiger partial charge is 0.159 e. The first-order chi connectivity index (χ1) is 11.6. The van der Waals surface area contributed by atoms with Crippen molar-refractivity contribution in [3.8, 4) is 0 Å². The van der Waals surface area contributed by atoms with E-state index in [1.807, 2.05) is 0 Å². The van der Waals surface area contributed by atoms with Gasteiger partial charge in [0.25, 0.3) is 0 Å². The molecule has 3 aliphatic rings. The molecule has 0 saturated carbocycles. The first kappa shape index (κ1) is 14.3. The molecule has 24 heavy (non-hydrogen) atoms. The fourth-order valence-corrected chi connectivity index (χ4v) is 5.20. The number of rotatable bonds is 1. The number of allylic oxidation sites excluding steroid dienone is 1. The number of carbonyl (C=O) groups excluding carboxylic acids is 1. The normalized spacial score (nSPS) is 31.0. The minimum absolute atomic E-state index is 0.155. The predicted molar refractivity (Wildman–Crippen MR) is 92.6 cm³/mol. The number of fused-ring (bicyclic) bond motifs is 8. The molecule has 5 rings (SSSR count). The van der Waals surface area contributed by atoms with Gasteiger partial charge in [0.15, 0.2) is 5.78 Å². The number of Topliss-reactive ketones (excluding diaryl/α,β-unsaturated/α-hetero) is 1. The predicted octanol–water partition coefficient (Wildman–Crippen LogP) is 2.87. The van der Waals surface area contributed by atoms with Crippen LogP contribution in [0.15, 0.2) is 36.1 Å². The number of aryl methyl sites for hydroxylation is 1. The molecule has 0 aliphatic carbocycles. The number of ketones is 1. The summed E-state index contributed by atoms with van der Waals surface area (Å²) in [7, 11) is 2.17. The van der Waals surface area contributed by atoms with Crippen LogP contribution in [-0.4, -0.2) is 23.0 Å². The number of nitrogens with one attached hydrogen (secondary N) is 1. The third kappa shape index (κ3) is 1.80. The Labute approximate surface area is 141 Å². The van der Waals surface area contributed by atoms with Crippen molar-refractivity contribution < 1.29 is 9.53 Å². The first-order valence-corrected chi connectivity index (χ1v) is 8.80. The Kier molecular flexibility index (Phi) is 2.95. The van der Waals surface area contributed by atoms with Gasteiger partial charge in [-0.05, 0) is 37.3 Å². The number of hydrogen-bond donors (Lipinski definition) is 1. The van der Waals surface area contributed by atoms with Crippen LogP contribution in [0.3, 0.4) is 0 Å². The van der Waals surface area contributed by atoms with Crippen LogP contribution in [-0.2, 0) is 23.0 Å². The van der Waals surface area contributed by atoms with E-state index in [0.717, 1.165) is 18.4 Å².